The molecule has 1 aromatic carbocycles. The van der Waals surface area contributed by atoms with E-state index in [1.165, 1.54) is 23.7 Å². The Morgan fingerprint density at radius 1 is 1.36 bits per heavy atom. The van der Waals surface area contributed by atoms with E-state index in [0.717, 1.165) is 20.8 Å². The molecular weight excluding hydrogens is 320 g/mol. The molecule has 6 nitrogen and oxygen atoms in total. The Labute approximate surface area is 132 Å². The molecule has 0 aliphatic heterocycles. The SMILES string of the molecule is CCn1cc(S(=O)(=O)NCc2nc3cc(C)ccc3s2)cn1. The lowest BCUT2D eigenvalue weighted by Crippen LogP contribution is -2.22. The van der Waals surface area contributed by atoms with Crippen LogP contribution in [-0.4, -0.2) is 23.2 Å². The van der Waals surface area contributed by atoms with E-state index in [4.69, 9.17) is 0 Å². The summed E-state index contributed by atoms with van der Waals surface area (Å²) in [5.74, 6) is 0. The summed E-state index contributed by atoms with van der Waals surface area (Å²) >= 11 is 1.49. The van der Waals surface area contributed by atoms with Crippen LogP contribution in [0.4, 0.5) is 0 Å². The molecule has 0 amide bonds. The molecule has 3 aromatic rings. The van der Waals surface area contributed by atoms with Gasteiger partial charge < -0.3 is 0 Å². The fourth-order valence-corrected chi connectivity index (χ4v) is 3.98. The summed E-state index contributed by atoms with van der Waals surface area (Å²) in [4.78, 5) is 4.63. The maximum Gasteiger partial charge on any atom is 0.244 e. The van der Waals surface area contributed by atoms with Gasteiger partial charge in [0.1, 0.15) is 9.90 Å². The highest BCUT2D eigenvalue weighted by Crippen LogP contribution is 2.23. The first-order valence-electron chi connectivity index (χ1n) is 6.86. The topological polar surface area (TPSA) is 76.9 Å². The Morgan fingerprint density at radius 2 is 2.18 bits per heavy atom. The standard InChI is InChI=1S/C14H16N4O2S2/c1-3-18-9-11(7-15-18)22(19,20)16-8-14-17-12-6-10(2)4-5-13(12)21-14/h4-7,9,16H,3,8H2,1-2H3. The van der Waals surface area contributed by atoms with Crippen molar-refractivity contribution in [2.75, 3.05) is 0 Å². The summed E-state index contributed by atoms with van der Waals surface area (Å²) in [5, 5.41) is 4.73. The minimum Gasteiger partial charge on any atom is -0.272 e. The van der Waals surface area contributed by atoms with Crippen molar-refractivity contribution in [3.63, 3.8) is 0 Å². The predicted molar refractivity (Wildman–Crippen MR) is 86.3 cm³/mol. The van der Waals surface area contributed by atoms with Crippen LogP contribution in [0.2, 0.25) is 0 Å². The van der Waals surface area contributed by atoms with Crippen LogP contribution in [0, 0.1) is 6.92 Å². The number of benzene rings is 1. The zero-order valence-corrected chi connectivity index (χ0v) is 13.9. The molecule has 0 fully saturated rings. The third-order valence-electron chi connectivity index (χ3n) is 3.24. The van der Waals surface area contributed by atoms with Crippen LogP contribution in [0.25, 0.3) is 10.2 Å². The monoisotopic (exact) mass is 336 g/mol. The molecular formula is C14H16N4O2S2. The zero-order valence-electron chi connectivity index (χ0n) is 12.3. The van der Waals surface area contributed by atoms with E-state index in [9.17, 15) is 8.42 Å². The van der Waals surface area contributed by atoms with Gasteiger partial charge in [0.2, 0.25) is 10.0 Å². The van der Waals surface area contributed by atoms with Crippen molar-refractivity contribution >= 4 is 31.6 Å². The molecule has 0 saturated carbocycles. The van der Waals surface area contributed by atoms with Crippen molar-refractivity contribution in [1.82, 2.24) is 19.5 Å². The smallest absolute Gasteiger partial charge is 0.244 e. The molecule has 116 valence electrons. The van der Waals surface area contributed by atoms with Crippen LogP contribution >= 0.6 is 11.3 Å². The highest BCUT2D eigenvalue weighted by atomic mass is 32.2. The first kappa shape index (κ1) is 15.1. The number of hydrogen-bond donors (Lipinski definition) is 1. The number of aromatic nitrogens is 3. The molecule has 0 atom stereocenters. The predicted octanol–water partition coefficient (Wildman–Crippen LogP) is 2.30. The van der Waals surface area contributed by atoms with Gasteiger partial charge in [-0.3, -0.25) is 4.68 Å². The number of aryl methyl sites for hydroxylation is 2. The summed E-state index contributed by atoms with van der Waals surface area (Å²) in [6.45, 7) is 4.72. The Kier molecular flexibility index (Phi) is 3.98. The van der Waals surface area contributed by atoms with Crippen LogP contribution < -0.4 is 4.72 Å². The molecule has 0 bridgehead atoms. The lowest BCUT2D eigenvalue weighted by Gasteiger charge is -2.01. The lowest BCUT2D eigenvalue weighted by molar-refractivity contribution is 0.580. The molecule has 0 radical (unpaired) electrons. The summed E-state index contributed by atoms with van der Waals surface area (Å²) < 4.78 is 29.6. The van der Waals surface area contributed by atoms with E-state index < -0.39 is 10.0 Å². The van der Waals surface area contributed by atoms with Gasteiger partial charge in [0.25, 0.3) is 0 Å². The highest BCUT2D eigenvalue weighted by molar-refractivity contribution is 7.89. The Balaban J connectivity index is 1.77. The van der Waals surface area contributed by atoms with Crippen molar-refractivity contribution in [2.45, 2.75) is 31.8 Å². The van der Waals surface area contributed by atoms with E-state index in [1.807, 2.05) is 32.0 Å². The van der Waals surface area contributed by atoms with Crippen LogP contribution in [0.1, 0.15) is 17.5 Å². The zero-order chi connectivity index (χ0) is 15.7. The number of fused-ring (bicyclic) bond motifs is 1. The van der Waals surface area contributed by atoms with E-state index in [2.05, 4.69) is 14.8 Å². The quantitative estimate of drug-likeness (QED) is 0.775. The van der Waals surface area contributed by atoms with Crippen LogP contribution in [0.3, 0.4) is 0 Å². The van der Waals surface area contributed by atoms with Gasteiger partial charge in [-0.15, -0.1) is 11.3 Å². The second-order valence-electron chi connectivity index (χ2n) is 4.94. The average molecular weight is 336 g/mol. The van der Waals surface area contributed by atoms with Gasteiger partial charge in [-0.25, -0.2) is 18.1 Å². The van der Waals surface area contributed by atoms with Gasteiger partial charge in [0.05, 0.1) is 23.0 Å². The second-order valence-corrected chi connectivity index (χ2v) is 7.82. The van der Waals surface area contributed by atoms with Crippen molar-refractivity contribution in [3.8, 4) is 0 Å². The van der Waals surface area contributed by atoms with Gasteiger partial charge in [-0.05, 0) is 31.5 Å². The number of rotatable bonds is 5. The Bertz CT molecular complexity index is 912. The maximum atomic E-state index is 12.2. The number of hydrogen-bond acceptors (Lipinski definition) is 5. The molecule has 2 aromatic heterocycles. The van der Waals surface area contributed by atoms with E-state index in [1.54, 1.807) is 4.68 Å². The first-order valence-corrected chi connectivity index (χ1v) is 9.16. The number of nitrogens with one attached hydrogen (secondary N) is 1. The fourth-order valence-electron chi connectivity index (χ4n) is 2.06. The second kappa shape index (κ2) is 5.79. The Morgan fingerprint density at radius 3 is 2.91 bits per heavy atom. The summed E-state index contributed by atoms with van der Waals surface area (Å²) in [5.41, 5.74) is 2.04. The van der Waals surface area contributed by atoms with Gasteiger partial charge in [-0.2, -0.15) is 5.10 Å². The van der Waals surface area contributed by atoms with Gasteiger partial charge >= 0.3 is 0 Å². The largest absolute Gasteiger partial charge is 0.272 e. The molecule has 0 unspecified atom stereocenters. The van der Waals surface area contributed by atoms with Crippen molar-refractivity contribution < 1.29 is 8.42 Å². The van der Waals surface area contributed by atoms with Crippen molar-refractivity contribution in [3.05, 3.63) is 41.2 Å². The minimum atomic E-state index is -3.56. The maximum absolute atomic E-state index is 12.2. The van der Waals surface area contributed by atoms with Crippen molar-refractivity contribution in [1.29, 1.82) is 0 Å². The van der Waals surface area contributed by atoms with Gasteiger partial charge in [-0.1, -0.05) is 6.07 Å². The molecule has 0 aliphatic rings. The van der Waals surface area contributed by atoms with Crippen LogP contribution in [0.15, 0.2) is 35.5 Å². The molecule has 0 saturated heterocycles. The third-order valence-corrected chi connectivity index (χ3v) is 5.64. The molecule has 0 aliphatic carbocycles. The molecule has 3 rings (SSSR count). The number of nitrogens with zero attached hydrogens (tertiary/aromatic N) is 3. The summed E-state index contributed by atoms with van der Waals surface area (Å²) in [6.07, 6.45) is 2.87. The van der Waals surface area contributed by atoms with E-state index >= 15 is 0 Å². The molecule has 0 spiro atoms. The fraction of sp³-hybridized carbons (Fsp3) is 0.286. The van der Waals surface area contributed by atoms with Crippen LogP contribution in [0.5, 0.6) is 0 Å². The van der Waals surface area contributed by atoms with Gasteiger partial charge in [0, 0.05) is 12.7 Å². The Hall–Kier alpha value is -1.77. The summed E-state index contributed by atoms with van der Waals surface area (Å²) in [7, 11) is -3.56. The van der Waals surface area contributed by atoms with E-state index in [-0.39, 0.29) is 11.4 Å². The normalized spacial score (nSPS) is 12.1. The summed E-state index contributed by atoms with van der Waals surface area (Å²) in [6, 6.07) is 6.02. The van der Waals surface area contributed by atoms with Gasteiger partial charge in [0.15, 0.2) is 0 Å². The number of thiazole rings is 1. The van der Waals surface area contributed by atoms with Crippen LogP contribution in [-0.2, 0) is 23.1 Å². The molecule has 2 heterocycles. The molecule has 1 N–H and O–H groups in total. The van der Waals surface area contributed by atoms with Crippen molar-refractivity contribution in [2.24, 2.45) is 0 Å². The van der Waals surface area contributed by atoms with E-state index in [0.29, 0.717) is 6.54 Å². The number of sulfonamides is 1. The lowest BCUT2D eigenvalue weighted by atomic mass is 10.2. The average Bonchev–Trinajstić information content (AvgIpc) is 3.11. The third kappa shape index (κ3) is 3.03. The minimum absolute atomic E-state index is 0.173. The first-order chi connectivity index (χ1) is 10.5. The highest BCUT2D eigenvalue weighted by Gasteiger charge is 2.17. The molecule has 22 heavy (non-hydrogen) atoms. The molecule has 8 heteroatoms.